The van der Waals surface area contributed by atoms with Crippen molar-refractivity contribution in [3.8, 4) is 0 Å². The number of aliphatic imine (C=N–C) groups is 2. The number of halogens is 2. The highest BCUT2D eigenvalue weighted by Gasteiger charge is 2.14. The molecule has 0 saturated carbocycles. The number of H-pyrrole nitrogens is 2. The van der Waals surface area contributed by atoms with E-state index < -0.39 is 0 Å². The molecule has 0 atom stereocenters. The normalized spacial score (nSPS) is 11.3. The summed E-state index contributed by atoms with van der Waals surface area (Å²) in [6.45, 7) is 2.29. The molecule has 0 fully saturated rings. The first-order chi connectivity index (χ1) is 22.8. The van der Waals surface area contributed by atoms with Crippen LogP contribution in [-0.2, 0) is 0 Å². The van der Waals surface area contributed by atoms with E-state index in [1.165, 1.54) is 0 Å². The van der Waals surface area contributed by atoms with Crippen molar-refractivity contribution in [3.63, 3.8) is 0 Å². The van der Waals surface area contributed by atoms with Crippen LogP contribution in [0.25, 0.3) is 21.8 Å². The number of amides is 3. The number of benzene rings is 2. The van der Waals surface area contributed by atoms with Crippen molar-refractivity contribution in [3.05, 3.63) is 65.5 Å². The number of fused-ring (bicyclic) bond motifs is 2. The fourth-order valence-electron chi connectivity index (χ4n) is 4.63. The SMILES string of the molecule is CN=C(NCCO)NCCNC(=O)c1ccc2[nH]c(C(=O)Nc3ccc4[nH]c(C(=O)NCCNC(=NC)NCCO)cc4c3)cc2c1.Cl.Cl. The molecule has 0 spiro atoms. The molecule has 4 rings (SSSR count). The van der Waals surface area contributed by atoms with E-state index in [4.69, 9.17) is 10.2 Å². The lowest BCUT2D eigenvalue weighted by Crippen LogP contribution is -2.42. The van der Waals surface area contributed by atoms with Gasteiger partial charge in [0.25, 0.3) is 17.7 Å². The van der Waals surface area contributed by atoms with Gasteiger partial charge in [0.05, 0.1) is 13.2 Å². The maximum atomic E-state index is 13.1. The van der Waals surface area contributed by atoms with E-state index in [9.17, 15) is 14.4 Å². The van der Waals surface area contributed by atoms with Crippen LogP contribution in [0.5, 0.6) is 0 Å². The van der Waals surface area contributed by atoms with Crippen LogP contribution < -0.4 is 37.2 Å². The molecule has 18 heteroatoms. The van der Waals surface area contributed by atoms with E-state index in [0.29, 0.717) is 84.7 Å². The molecule has 0 radical (unpaired) electrons. The van der Waals surface area contributed by atoms with Gasteiger partial charge in [-0.15, -0.1) is 24.8 Å². The van der Waals surface area contributed by atoms with Gasteiger partial charge in [0, 0.05) is 86.4 Å². The van der Waals surface area contributed by atoms with E-state index in [2.05, 4.69) is 57.2 Å². The molecule has 0 unspecified atom stereocenters. The first-order valence-corrected chi connectivity index (χ1v) is 15.1. The second-order valence-electron chi connectivity index (χ2n) is 10.2. The second-order valence-corrected chi connectivity index (χ2v) is 10.2. The van der Waals surface area contributed by atoms with Gasteiger partial charge in [-0.1, -0.05) is 0 Å². The molecule has 49 heavy (non-hydrogen) atoms. The number of hydrogen-bond acceptors (Lipinski definition) is 7. The van der Waals surface area contributed by atoms with Crippen LogP contribution in [-0.4, -0.2) is 116 Å². The molecule has 266 valence electrons. The van der Waals surface area contributed by atoms with Crippen LogP contribution in [0.4, 0.5) is 5.69 Å². The van der Waals surface area contributed by atoms with Gasteiger partial charge in [0.15, 0.2) is 11.9 Å². The van der Waals surface area contributed by atoms with Crippen molar-refractivity contribution in [2.45, 2.75) is 0 Å². The van der Waals surface area contributed by atoms with Crippen LogP contribution in [0, 0.1) is 0 Å². The molecule has 0 aliphatic rings. The quantitative estimate of drug-likeness (QED) is 0.0495. The van der Waals surface area contributed by atoms with E-state index in [1.807, 2.05) is 0 Å². The van der Waals surface area contributed by atoms with Gasteiger partial charge in [-0.3, -0.25) is 24.4 Å². The molecule has 0 aliphatic carbocycles. The van der Waals surface area contributed by atoms with Crippen molar-refractivity contribution in [1.82, 2.24) is 41.9 Å². The predicted octanol–water partition coefficient (Wildman–Crippen LogP) is 0.519. The monoisotopic (exact) mass is 719 g/mol. The number of aromatic amines is 2. The smallest absolute Gasteiger partial charge is 0.272 e. The van der Waals surface area contributed by atoms with Crippen molar-refractivity contribution >= 4 is 81.9 Å². The lowest BCUT2D eigenvalue weighted by atomic mass is 10.1. The van der Waals surface area contributed by atoms with Crippen LogP contribution in [0.1, 0.15) is 31.3 Å². The number of anilines is 1. The Morgan fingerprint density at radius 2 is 1.06 bits per heavy atom. The average molecular weight is 721 g/mol. The zero-order valence-corrected chi connectivity index (χ0v) is 28.7. The zero-order valence-electron chi connectivity index (χ0n) is 27.1. The van der Waals surface area contributed by atoms with Crippen molar-refractivity contribution in [2.75, 3.05) is 71.9 Å². The third kappa shape index (κ3) is 11.6. The topological polar surface area (TPSA) is 232 Å². The molecule has 0 bridgehead atoms. The van der Waals surface area contributed by atoms with E-state index in [0.717, 1.165) is 10.9 Å². The van der Waals surface area contributed by atoms with Crippen LogP contribution in [0.3, 0.4) is 0 Å². The number of carbonyl (C=O) groups is 3. The van der Waals surface area contributed by atoms with Gasteiger partial charge < -0.3 is 57.4 Å². The Balaban J connectivity index is 0.00000417. The number of aromatic nitrogens is 2. The Kier molecular flexibility index (Phi) is 16.7. The van der Waals surface area contributed by atoms with Gasteiger partial charge in [0.1, 0.15) is 11.4 Å². The number of aliphatic hydroxyl groups excluding tert-OH is 2. The lowest BCUT2D eigenvalue weighted by molar-refractivity contribution is 0.0944. The molecule has 16 nitrogen and oxygen atoms in total. The van der Waals surface area contributed by atoms with Gasteiger partial charge in [-0.2, -0.15) is 0 Å². The summed E-state index contributed by atoms with van der Waals surface area (Å²) in [6.07, 6.45) is 0. The Labute approximate surface area is 295 Å². The highest BCUT2D eigenvalue weighted by molar-refractivity contribution is 6.08. The number of aliphatic hydroxyl groups is 2. The van der Waals surface area contributed by atoms with Crippen LogP contribution in [0.15, 0.2) is 58.5 Å². The molecular weight excluding hydrogens is 677 g/mol. The molecule has 0 saturated heterocycles. The summed E-state index contributed by atoms with van der Waals surface area (Å²) < 4.78 is 0. The molecule has 2 aromatic heterocycles. The third-order valence-electron chi connectivity index (χ3n) is 6.91. The summed E-state index contributed by atoms with van der Waals surface area (Å²) in [6, 6.07) is 13.8. The maximum Gasteiger partial charge on any atom is 0.272 e. The largest absolute Gasteiger partial charge is 0.395 e. The predicted molar refractivity (Wildman–Crippen MR) is 197 cm³/mol. The van der Waals surface area contributed by atoms with E-state index in [1.54, 1.807) is 62.6 Å². The van der Waals surface area contributed by atoms with Gasteiger partial charge in [-0.25, -0.2) is 0 Å². The molecule has 4 aromatic rings. The minimum Gasteiger partial charge on any atom is -0.395 e. The van der Waals surface area contributed by atoms with E-state index in [-0.39, 0.29) is 55.7 Å². The first kappa shape index (κ1) is 40.1. The first-order valence-electron chi connectivity index (χ1n) is 15.1. The molecular formula is C31H43Cl2N11O5. The summed E-state index contributed by atoms with van der Waals surface area (Å²) in [5, 5.41) is 39.8. The Hall–Kier alpha value is -5.03. The van der Waals surface area contributed by atoms with Crippen LogP contribution >= 0.6 is 24.8 Å². The molecule has 0 aliphatic heterocycles. The van der Waals surface area contributed by atoms with Gasteiger partial charge in [-0.05, 0) is 48.5 Å². The highest BCUT2D eigenvalue weighted by Crippen LogP contribution is 2.22. The Bertz CT molecular complexity index is 1760. The highest BCUT2D eigenvalue weighted by atomic mass is 35.5. The fourth-order valence-corrected chi connectivity index (χ4v) is 4.63. The Morgan fingerprint density at radius 3 is 1.61 bits per heavy atom. The number of nitrogens with one attached hydrogen (secondary N) is 9. The number of guanidine groups is 2. The third-order valence-corrected chi connectivity index (χ3v) is 6.91. The van der Waals surface area contributed by atoms with Crippen molar-refractivity contribution in [2.24, 2.45) is 9.98 Å². The molecule has 2 heterocycles. The maximum absolute atomic E-state index is 13.1. The summed E-state index contributed by atoms with van der Waals surface area (Å²) in [5.74, 6) is 0.168. The van der Waals surface area contributed by atoms with Gasteiger partial charge in [0.2, 0.25) is 0 Å². The second kappa shape index (κ2) is 20.4. The number of rotatable bonds is 14. The fraction of sp³-hybridized carbons (Fsp3) is 0.323. The molecule has 3 amide bonds. The number of carbonyl (C=O) groups excluding carboxylic acids is 3. The van der Waals surface area contributed by atoms with Crippen molar-refractivity contribution in [1.29, 1.82) is 0 Å². The van der Waals surface area contributed by atoms with E-state index >= 15 is 0 Å². The summed E-state index contributed by atoms with van der Waals surface area (Å²) in [7, 11) is 3.24. The zero-order chi connectivity index (χ0) is 33.6. The molecule has 2 aromatic carbocycles. The number of hydrogen-bond donors (Lipinski definition) is 11. The molecule has 11 N–H and O–H groups in total. The van der Waals surface area contributed by atoms with Gasteiger partial charge >= 0.3 is 0 Å². The summed E-state index contributed by atoms with van der Waals surface area (Å²) in [5.41, 5.74) is 3.16. The number of nitrogens with zero attached hydrogens (tertiary/aromatic N) is 2. The average Bonchev–Trinajstić information content (AvgIpc) is 3.71. The Morgan fingerprint density at radius 1 is 0.592 bits per heavy atom. The van der Waals surface area contributed by atoms with Crippen molar-refractivity contribution < 1.29 is 24.6 Å². The minimum absolute atomic E-state index is 0. The minimum atomic E-state index is -0.356. The lowest BCUT2D eigenvalue weighted by Gasteiger charge is -2.11. The standard InChI is InChI=1S/C31H41N11O5.2ClH/c1-32-30(38-11-13-43)36-9-7-34-27(45)19-3-5-23-20(15-19)17-26(42-23)29(47)40-22-4-6-24-21(16-22)18-25(41-24)28(46)35-8-10-37-31(33-2)39-12-14-44;;/h3-6,15-18,41-44H,7-14H2,1-2H3,(H,34,45)(H,35,46)(H,40,47)(H2,32,36,38)(H2,33,37,39);2*1H. The van der Waals surface area contributed by atoms with Crippen LogP contribution in [0.2, 0.25) is 0 Å². The summed E-state index contributed by atoms with van der Waals surface area (Å²) >= 11 is 0. The summed E-state index contributed by atoms with van der Waals surface area (Å²) in [4.78, 5) is 52.7.